The van der Waals surface area contributed by atoms with Gasteiger partial charge in [-0.1, -0.05) is 153 Å². The maximum absolute atomic E-state index is 5.08. The van der Waals surface area contributed by atoms with Crippen molar-refractivity contribution < 1.29 is 0 Å². The summed E-state index contributed by atoms with van der Waals surface area (Å²) >= 11 is 0. The number of benzene rings is 6. The molecule has 1 saturated carbocycles. The van der Waals surface area contributed by atoms with Crippen LogP contribution in [0.25, 0.3) is 67.3 Å². The molecule has 7 aromatic rings. The van der Waals surface area contributed by atoms with Crippen LogP contribution in [0.1, 0.15) is 43.2 Å². The Hall–Kier alpha value is -5.60. The predicted molar refractivity (Wildman–Crippen MR) is 199 cm³/mol. The summed E-state index contributed by atoms with van der Waals surface area (Å²) in [7, 11) is 0. The smallest absolute Gasteiger partial charge is 0.160 e. The fourth-order valence-corrected chi connectivity index (χ4v) is 8.14. The molecule has 9 rings (SSSR count). The van der Waals surface area contributed by atoms with Crippen molar-refractivity contribution in [1.29, 1.82) is 0 Å². The summed E-state index contributed by atoms with van der Waals surface area (Å²) in [5.74, 6) is 0.729. The second kappa shape index (κ2) is 11.9. The molecule has 0 amide bonds. The molecule has 2 aliphatic carbocycles. The van der Waals surface area contributed by atoms with Crippen molar-refractivity contribution in [3.8, 4) is 67.3 Å². The molecule has 0 radical (unpaired) electrons. The Bertz CT molecular complexity index is 2200. The predicted octanol–water partition coefficient (Wildman–Crippen LogP) is 12.0. The van der Waals surface area contributed by atoms with Crippen LogP contribution < -0.4 is 0 Å². The van der Waals surface area contributed by atoms with Gasteiger partial charge in [0.15, 0.2) is 5.82 Å². The molecule has 1 spiro atoms. The second-order valence-electron chi connectivity index (χ2n) is 13.3. The SMILES string of the molecule is c1ccc(-c2cc(-c3cccc(-c4cccc(-c5ccc6c(c5)-c5ccccc5C65CCCCC5)c4)c3)nc(-c3ccccc3)n2)cc1. The van der Waals surface area contributed by atoms with Crippen molar-refractivity contribution in [2.45, 2.75) is 37.5 Å². The van der Waals surface area contributed by atoms with Crippen molar-refractivity contribution in [2.75, 3.05) is 0 Å². The number of nitrogens with zero attached hydrogens (tertiary/aromatic N) is 2. The molecular weight excluding hydrogens is 581 g/mol. The van der Waals surface area contributed by atoms with Gasteiger partial charge in [-0.2, -0.15) is 0 Å². The number of hydrogen-bond donors (Lipinski definition) is 0. The van der Waals surface area contributed by atoms with E-state index in [1.807, 2.05) is 24.3 Å². The molecule has 1 heterocycles. The third-order valence-electron chi connectivity index (χ3n) is 10.5. The summed E-state index contributed by atoms with van der Waals surface area (Å²) in [6.07, 6.45) is 6.49. The first kappa shape index (κ1) is 28.6. The fraction of sp³-hybridized carbons (Fsp3) is 0.130. The van der Waals surface area contributed by atoms with Crippen LogP contribution >= 0.6 is 0 Å². The Morgan fingerprint density at radius 1 is 0.354 bits per heavy atom. The quantitative estimate of drug-likeness (QED) is 0.192. The van der Waals surface area contributed by atoms with E-state index in [2.05, 4.69) is 133 Å². The zero-order valence-electron chi connectivity index (χ0n) is 26.9. The zero-order valence-corrected chi connectivity index (χ0v) is 26.9. The Kier molecular flexibility index (Phi) is 7.08. The van der Waals surface area contributed by atoms with Gasteiger partial charge in [0, 0.05) is 22.1 Å². The van der Waals surface area contributed by atoms with Gasteiger partial charge in [-0.3, -0.25) is 0 Å². The minimum Gasteiger partial charge on any atom is -0.228 e. The summed E-state index contributed by atoms with van der Waals surface area (Å²) in [6, 6.07) is 56.8. The lowest BCUT2D eigenvalue weighted by Crippen LogP contribution is -2.27. The molecule has 2 heteroatoms. The highest BCUT2D eigenvalue weighted by Gasteiger charge is 2.43. The van der Waals surface area contributed by atoms with Gasteiger partial charge in [-0.05, 0) is 81.6 Å². The lowest BCUT2D eigenvalue weighted by Gasteiger charge is -2.36. The minimum atomic E-state index is 0.187. The average molecular weight is 617 g/mol. The number of rotatable bonds is 5. The van der Waals surface area contributed by atoms with E-state index in [0.29, 0.717) is 0 Å². The lowest BCUT2D eigenvalue weighted by atomic mass is 9.68. The molecule has 6 aromatic carbocycles. The molecular formula is C46H36N2. The topological polar surface area (TPSA) is 25.8 Å². The Balaban J connectivity index is 1.10. The Labute approximate surface area is 282 Å². The molecule has 2 nitrogen and oxygen atoms in total. The number of hydrogen-bond acceptors (Lipinski definition) is 2. The van der Waals surface area contributed by atoms with Crippen LogP contribution in [0.2, 0.25) is 0 Å². The highest BCUT2D eigenvalue weighted by molar-refractivity contribution is 5.86. The van der Waals surface area contributed by atoms with E-state index in [-0.39, 0.29) is 5.41 Å². The van der Waals surface area contributed by atoms with Crippen LogP contribution in [0.4, 0.5) is 0 Å². The van der Waals surface area contributed by atoms with Crippen LogP contribution in [0.15, 0.2) is 158 Å². The van der Waals surface area contributed by atoms with Gasteiger partial charge in [-0.25, -0.2) is 9.97 Å². The minimum absolute atomic E-state index is 0.187. The molecule has 1 fully saturated rings. The van der Waals surface area contributed by atoms with E-state index in [9.17, 15) is 0 Å². The van der Waals surface area contributed by atoms with Crippen LogP contribution in [0.5, 0.6) is 0 Å². The Morgan fingerprint density at radius 3 is 1.58 bits per heavy atom. The van der Waals surface area contributed by atoms with Crippen LogP contribution in [0, 0.1) is 0 Å². The largest absolute Gasteiger partial charge is 0.228 e. The van der Waals surface area contributed by atoms with Crippen molar-refractivity contribution in [3.63, 3.8) is 0 Å². The molecule has 0 atom stereocenters. The van der Waals surface area contributed by atoms with Crippen molar-refractivity contribution in [3.05, 3.63) is 169 Å². The maximum atomic E-state index is 5.08. The summed E-state index contributed by atoms with van der Waals surface area (Å²) in [4.78, 5) is 10.1. The molecule has 230 valence electrons. The molecule has 0 unspecified atom stereocenters. The normalized spacial score (nSPS) is 14.4. The monoisotopic (exact) mass is 616 g/mol. The van der Waals surface area contributed by atoms with Crippen molar-refractivity contribution in [2.24, 2.45) is 0 Å². The van der Waals surface area contributed by atoms with E-state index < -0.39 is 0 Å². The summed E-state index contributed by atoms with van der Waals surface area (Å²) in [5, 5.41) is 0. The standard InChI is InChI=1S/C46H36N2/c1-4-14-32(15-5-1)43-31-44(48-45(47-43)33-16-6-2-7-17-33)38-21-13-20-36(29-38)34-18-12-19-35(28-34)37-24-25-42-40(30-37)39-22-8-9-23-41(39)46(42)26-10-3-11-27-46/h1-2,4-9,12-25,28-31H,3,10-11,26-27H2. The van der Waals surface area contributed by atoms with Gasteiger partial charge >= 0.3 is 0 Å². The molecule has 1 aromatic heterocycles. The molecule has 0 saturated heterocycles. The van der Waals surface area contributed by atoms with Gasteiger partial charge < -0.3 is 0 Å². The van der Waals surface area contributed by atoms with Crippen LogP contribution in [0.3, 0.4) is 0 Å². The fourth-order valence-electron chi connectivity index (χ4n) is 8.14. The molecule has 48 heavy (non-hydrogen) atoms. The third-order valence-corrected chi connectivity index (χ3v) is 10.5. The molecule has 0 N–H and O–H groups in total. The van der Waals surface area contributed by atoms with E-state index >= 15 is 0 Å². The van der Waals surface area contributed by atoms with Gasteiger partial charge in [-0.15, -0.1) is 0 Å². The molecule has 2 aliphatic rings. The average Bonchev–Trinajstić information content (AvgIpc) is 3.43. The number of fused-ring (bicyclic) bond motifs is 5. The first-order valence-electron chi connectivity index (χ1n) is 17.2. The van der Waals surface area contributed by atoms with Crippen molar-refractivity contribution in [1.82, 2.24) is 9.97 Å². The molecule has 0 aliphatic heterocycles. The highest BCUT2D eigenvalue weighted by Crippen LogP contribution is 2.56. The van der Waals surface area contributed by atoms with E-state index in [1.54, 1.807) is 0 Å². The first-order valence-corrected chi connectivity index (χ1v) is 17.2. The van der Waals surface area contributed by atoms with Gasteiger partial charge in [0.25, 0.3) is 0 Å². The van der Waals surface area contributed by atoms with Crippen LogP contribution in [-0.4, -0.2) is 9.97 Å². The third kappa shape index (κ3) is 4.96. The lowest BCUT2D eigenvalue weighted by molar-refractivity contribution is 0.353. The van der Waals surface area contributed by atoms with E-state index in [0.717, 1.165) is 33.9 Å². The van der Waals surface area contributed by atoms with Gasteiger partial charge in [0.05, 0.1) is 11.4 Å². The van der Waals surface area contributed by atoms with Gasteiger partial charge in [0.1, 0.15) is 0 Å². The number of aromatic nitrogens is 2. The van der Waals surface area contributed by atoms with E-state index in [4.69, 9.17) is 9.97 Å². The van der Waals surface area contributed by atoms with Crippen LogP contribution in [-0.2, 0) is 5.41 Å². The summed E-state index contributed by atoms with van der Waals surface area (Å²) in [5.41, 5.74) is 16.0. The zero-order chi connectivity index (χ0) is 31.9. The maximum Gasteiger partial charge on any atom is 0.160 e. The Morgan fingerprint density at radius 2 is 0.875 bits per heavy atom. The van der Waals surface area contributed by atoms with Crippen molar-refractivity contribution >= 4 is 0 Å². The second-order valence-corrected chi connectivity index (χ2v) is 13.3. The highest BCUT2D eigenvalue weighted by atomic mass is 14.9. The van der Waals surface area contributed by atoms with Gasteiger partial charge in [0.2, 0.25) is 0 Å². The first-order chi connectivity index (χ1) is 23.7. The molecule has 0 bridgehead atoms. The summed E-state index contributed by atoms with van der Waals surface area (Å²) < 4.78 is 0. The van der Waals surface area contributed by atoms with E-state index in [1.165, 1.54) is 76.6 Å². The summed E-state index contributed by atoms with van der Waals surface area (Å²) in [6.45, 7) is 0.